The van der Waals surface area contributed by atoms with Gasteiger partial charge in [0.1, 0.15) is 5.75 Å². The average molecular weight is 415 g/mol. The fourth-order valence-electron chi connectivity index (χ4n) is 3.73. The van der Waals surface area contributed by atoms with E-state index in [2.05, 4.69) is 0 Å². The predicted octanol–water partition coefficient (Wildman–Crippen LogP) is 2.68. The van der Waals surface area contributed by atoms with E-state index in [9.17, 15) is 14.7 Å². The molecule has 0 bridgehead atoms. The van der Waals surface area contributed by atoms with Crippen molar-refractivity contribution in [3.05, 3.63) is 53.1 Å². The number of amides is 2. The molecule has 1 saturated carbocycles. The third kappa shape index (κ3) is 3.95. The number of hydrogen-bond donors (Lipinski definition) is 1. The van der Waals surface area contributed by atoms with Gasteiger partial charge in [0.15, 0.2) is 0 Å². The van der Waals surface area contributed by atoms with E-state index in [1.165, 1.54) is 0 Å². The fraction of sp³-hybridized carbons (Fsp3) is 0.364. The zero-order valence-corrected chi connectivity index (χ0v) is 16.9. The average Bonchev–Trinajstić information content (AvgIpc) is 3.49. The topological polar surface area (TPSA) is 70.1 Å². The Balaban J connectivity index is 1.41. The Morgan fingerprint density at radius 3 is 2.24 bits per heavy atom. The van der Waals surface area contributed by atoms with Crippen LogP contribution in [0.2, 0.25) is 5.02 Å². The minimum Gasteiger partial charge on any atom is -0.495 e. The standard InChI is InChI=1S/C22H23ClN2O4/c1-29-20-16(3-2-4-18(20)23)14-5-7-15(8-6-14)21(27)24-9-11-25(12-10-24)22(28)17-13-19(17)26/h2-8,17,19,26H,9-13H2,1H3. The highest BCUT2D eigenvalue weighted by atomic mass is 35.5. The number of benzene rings is 2. The summed E-state index contributed by atoms with van der Waals surface area (Å²) in [5.74, 6) is 0.320. The van der Waals surface area contributed by atoms with E-state index in [0.717, 1.165) is 11.1 Å². The molecule has 2 aromatic carbocycles. The van der Waals surface area contributed by atoms with Gasteiger partial charge in [-0.15, -0.1) is 0 Å². The number of carbonyl (C=O) groups excluding carboxylic acids is 2. The lowest BCUT2D eigenvalue weighted by molar-refractivity contribution is -0.134. The second-order valence-electron chi connectivity index (χ2n) is 7.43. The Morgan fingerprint density at radius 1 is 1.03 bits per heavy atom. The SMILES string of the molecule is COc1c(Cl)cccc1-c1ccc(C(=O)N2CCN(C(=O)C3CC3O)CC2)cc1. The summed E-state index contributed by atoms with van der Waals surface area (Å²) in [4.78, 5) is 28.6. The number of hydrogen-bond acceptors (Lipinski definition) is 4. The number of rotatable bonds is 4. The van der Waals surface area contributed by atoms with E-state index in [1.54, 1.807) is 35.1 Å². The minimum absolute atomic E-state index is 0.00409. The van der Waals surface area contributed by atoms with Crippen molar-refractivity contribution in [2.75, 3.05) is 33.3 Å². The molecular weight excluding hydrogens is 392 g/mol. The Morgan fingerprint density at radius 2 is 1.66 bits per heavy atom. The van der Waals surface area contributed by atoms with Crippen LogP contribution in [0, 0.1) is 5.92 Å². The van der Waals surface area contributed by atoms with Gasteiger partial charge < -0.3 is 19.6 Å². The van der Waals surface area contributed by atoms with Crippen LogP contribution in [-0.4, -0.2) is 66.1 Å². The van der Waals surface area contributed by atoms with E-state index < -0.39 is 6.10 Å². The molecule has 0 spiro atoms. The van der Waals surface area contributed by atoms with Crippen LogP contribution in [0.15, 0.2) is 42.5 Å². The molecule has 2 aromatic rings. The van der Waals surface area contributed by atoms with E-state index in [-0.39, 0.29) is 17.7 Å². The van der Waals surface area contributed by atoms with Crippen molar-refractivity contribution < 1.29 is 19.4 Å². The quantitative estimate of drug-likeness (QED) is 0.835. The van der Waals surface area contributed by atoms with Crippen LogP contribution in [0.1, 0.15) is 16.8 Å². The molecule has 1 heterocycles. The van der Waals surface area contributed by atoms with Gasteiger partial charge in [-0.05, 0) is 30.2 Å². The maximum Gasteiger partial charge on any atom is 0.253 e. The molecule has 1 saturated heterocycles. The van der Waals surface area contributed by atoms with Gasteiger partial charge in [0.25, 0.3) is 5.91 Å². The molecule has 4 rings (SSSR count). The summed E-state index contributed by atoms with van der Waals surface area (Å²) in [5, 5.41) is 9.98. The van der Waals surface area contributed by atoms with Crippen LogP contribution in [0.4, 0.5) is 0 Å². The van der Waals surface area contributed by atoms with E-state index in [0.29, 0.717) is 48.9 Å². The van der Waals surface area contributed by atoms with E-state index in [4.69, 9.17) is 16.3 Å². The maximum absolute atomic E-state index is 12.8. The zero-order chi connectivity index (χ0) is 20.5. The van der Waals surface area contributed by atoms with Crippen molar-refractivity contribution in [1.29, 1.82) is 0 Å². The minimum atomic E-state index is -0.487. The molecule has 152 valence electrons. The van der Waals surface area contributed by atoms with Gasteiger partial charge in [-0.25, -0.2) is 0 Å². The van der Waals surface area contributed by atoms with Gasteiger partial charge in [-0.2, -0.15) is 0 Å². The third-order valence-corrected chi connectivity index (χ3v) is 5.86. The summed E-state index contributed by atoms with van der Waals surface area (Å²) in [6, 6.07) is 12.9. The van der Waals surface area contributed by atoms with Crippen molar-refractivity contribution in [3.8, 4) is 16.9 Å². The van der Waals surface area contributed by atoms with Crippen molar-refractivity contribution in [2.45, 2.75) is 12.5 Å². The number of halogens is 1. The molecule has 2 atom stereocenters. The van der Waals surface area contributed by atoms with Gasteiger partial charge in [0.2, 0.25) is 5.91 Å². The third-order valence-electron chi connectivity index (χ3n) is 5.57. The molecule has 1 aliphatic carbocycles. The fourth-order valence-corrected chi connectivity index (χ4v) is 3.98. The first-order valence-corrected chi connectivity index (χ1v) is 10.1. The molecule has 2 fully saturated rings. The lowest BCUT2D eigenvalue weighted by Gasteiger charge is -2.35. The van der Waals surface area contributed by atoms with Crippen molar-refractivity contribution in [2.24, 2.45) is 5.92 Å². The van der Waals surface area contributed by atoms with Gasteiger partial charge in [-0.3, -0.25) is 9.59 Å². The van der Waals surface area contributed by atoms with E-state index in [1.807, 2.05) is 24.3 Å². The number of piperazine rings is 1. The number of methoxy groups -OCH3 is 1. The van der Waals surface area contributed by atoms with E-state index >= 15 is 0 Å². The molecule has 1 N–H and O–H groups in total. The van der Waals surface area contributed by atoms with Gasteiger partial charge in [0, 0.05) is 37.3 Å². The lowest BCUT2D eigenvalue weighted by Crippen LogP contribution is -2.51. The maximum atomic E-state index is 12.8. The largest absolute Gasteiger partial charge is 0.495 e. The highest BCUT2D eigenvalue weighted by molar-refractivity contribution is 6.32. The first-order chi connectivity index (χ1) is 14.0. The van der Waals surface area contributed by atoms with Crippen LogP contribution in [0.3, 0.4) is 0 Å². The summed E-state index contributed by atoms with van der Waals surface area (Å²) in [6.45, 7) is 2.01. The van der Waals surface area contributed by atoms with Crippen molar-refractivity contribution >= 4 is 23.4 Å². The summed E-state index contributed by atoms with van der Waals surface area (Å²) >= 11 is 6.20. The summed E-state index contributed by atoms with van der Waals surface area (Å²) in [5.41, 5.74) is 2.39. The van der Waals surface area contributed by atoms with Crippen LogP contribution in [0.25, 0.3) is 11.1 Å². The number of nitrogens with zero attached hydrogens (tertiary/aromatic N) is 2. The number of aliphatic hydroxyl groups excluding tert-OH is 1. The first kappa shape index (κ1) is 19.7. The molecule has 2 aliphatic rings. The Kier molecular flexibility index (Phi) is 5.48. The molecule has 2 amide bonds. The van der Waals surface area contributed by atoms with Crippen LogP contribution < -0.4 is 4.74 Å². The summed E-state index contributed by atoms with van der Waals surface area (Å²) < 4.78 is 5.41. The second-order valence-corrected chi connectivity index (χ2v) is 7.83. The molecule has 29 heavy (non-hydrogen) atoms. The predicted molar refractivity (Wildman–Crippen MR) is 110 cm³/mol. The Bertz CT molecular complexity index is 923. The summed E-state index contributed by atoms with van der Waals surface area (Å²) in [6.07, 6.45) is 0.0701. The number of carbonyl (C=O) groups is 2. The molecule has 7 heteroatoms. The van der Waals surface area contributed by atoms with Crippen LogP contribution >= 0.6 is 11.6 Å². The molecule has 2 unspecified atom stereocenters. The van der Waals surface area contributed by atoms with Gasteiger partial charge in [0.05, 0.1) is 24.2 Å². The number of aliphatic hydroxyl groups is 1. The van der Waals surface area contributed by atoms with Crippen LogP contribution in [0.5, 0.6) is 5.75 Å². The normalized spacial score (nSPS) is 21.1. The van der Waals surface area contributed by atoms with Gasteiger partial charge >= 0.3 is 0 Å². The molecule has 0 aromatic heterocycles. The molecule has 1 aliphatic heterocycles. The number of ether oxygens (including phenoxy) is 1. The van der Waals surface area contributed by atoms with Crippen molar-refractivity contribution in [3.63, 3.8) is 0 Å². The Hall–Kier alpha value is -2.57. The highest BCUT2D eigenvalue weighted by Gasteiger charge is 2.44. The van der Waals surface area contributed by atoms with Crippen molar-refractivity contribution in [1.82, 2.24) is 9.80 Å². The molecule has 0 radical (unpaired) electrons. The van der Waals surface area contributed by atoms with Crippen LogP contribution in [-0.2, 0) is 4.79 Å². The monoisotopic (exact) mass is 414 g/mol. The second kappa shape index (κ2) is 8.05. The first-order valence-electron chi connectivity index (χ1n) is 9.68. The number of para-hydroxylation sites is 1. The molecule has 6 nitrogen and oxygen atoms in total. The molecular formula is C22H23ClN2O4. The smallest absolute Gasteiger partial charge is 0.253 e. The summed E-state index contributed by atoms with van der Waals surface area (Å²) in [7, 11) is 1.58. The zero-order valence-electron chi connectivity index (χ0n) is 16.2. The van der Waals surface area contributed by atoms with Gasteiger partial charge in [-0.1, -0.05) is 35.9 Å². The highest BCUT2D eigenvalue weighted by Crippen LogP contribution is 2.36. The Labute approximate surface area is 174 Å². The lowest BCUT2D eigenvalue weighted by atomic mass is 10.0.